The van der Waals surface area contributed by atoms with E-state index in [1.165, 1.54) is 12.1 Å². The van der Waals surface area contributed by atoms with Gasteiger partial charge < -0.3 is 14.5 Å². The van der Waals surface area contributed by atoms with Crippen LogP contribution in [0.25, 0.3) is 0 Å². The van der Waals surface area contributed by atoms with Gasteiger partial charge in [0, 0.05) is 18.6 Å². The first-order valence-electron chi connectivity index (χ1n) is 12.1. The van der Waals surface area contributed by atoms with Crippen LogP contribution in [0.3, 0.4) is 0 Å². The van der Waals surface area contributed by atoms with Crippen molar-refractivity contribution < 1.29 is 18.7 Å². The van der Waals surface area contributed by atoms with E-state index >= 15 is 0 Å². The summed E-state index contributed by atoms with van der Waals surface area (Å²) in [7, 11) is 1.57. The van der Waals surface area contributed by atoms with Gasteiger partial charge in [0.25, 0.3) is 5.91 Å². The maximum atomic E-state index is 14.0. The molecule has 174 valence electrons. The Balaban J connectivity index is 1.46. The van der Waals surface area contributed by atoms with E-state index in [4.69, 9.17) is 4.74 Å². The van der Waals surface area contributed by atoms with E-state index in [-0.39, 0.29) is 29.7 Å². The number of nitrogens with zero attached hydrogens (tertiary/aromatic N) is 2. The molecule has 5 rings (SSSR count). The van der Waals surface area contributed by atoms with Gasteiger partial charge in [-0.1, -0.05) is 37.1 Å². The third-order valence-corrected chi connectivity index (χ3v) is 7.46. The zero-order valence-electron chi connectivity index (χ0n) is 19.1. The fourth-order valence-electron chi connectivity index (χ4n) is 5.73. The van der Waals surface area contributed by atoms with Crippen molar-refractivity contribution in [1.29, 1.82) is 0 Å². The number of hydrogen-bond donors (Lipinski definition) is 0. The Morgan fingerprint density at radius 1 is 1.06 bits per heavy atom. The molecule has 0 N–H and O–H groups in total. The highest BCUT2D eigenvalue weighted by atomic mass is 19.1. The highest BCUT2D eigenvalue weighted by Gasteiger charge is 2.50. The molecule has 3 aliphatic rings. The van der Waals surface area contributed by atoms with Gasteiger partial charge in [-0.05, 0) is 67.9 Å². The van der Waals surface area contributed by atoms with Crippen LogP contribution in [0.4, 0.5) is 4.39 Å². The molecule has 2 aromatic carbocycles. The Labute approximate surface area is 194 Å². The lowest BCUT2D eigenvalue weighted by Crippen LogP contribution is -2.51. The van der Waals surface area contributed by atoms with Crippen molar-refractivity contribution in [3.8, 4) is 5.75 Å². The molecule has 5 nitrogen and oxygen atoms in total. The van der Waals surface area contributed by atoms with Crippen molar-refractivity contribution in [2.24, 2.45) is 5.92 Å². The summed E-state index contributed by atoms with van der Waals surface area (Å²) in [6, 6.07) is 13.5. The molecule has 3 atom stereocenters. The van der Waals surface area contributed by atoms with Gasteiger partial charge in [0.15, 0.2) is 0 Å². The standard InChI is InChI=1S/C27H31FN2O3/c1-33-25-12-5-3-10-22(25)26(31)30-23-11-4-2-8-19(23)16-24(30)27(32)29(21-13-14-21)17-18-7-6-9-20(28)15-18/h3,5-7,9-10,12,15,19,21,23-24H,2,4,8,11,13-14,16-17H2,1H3. The molecule has 3 unspecified atom stereocenters. The maximum absolute atomic E-state index is 14.0. The van der Waals surface area contributed by atoms with Crippen molar-refractivity contribution in [2.75, 3.05) is 7.11 Å². The van der Waals surface area contributed by atoms with Gasteiger partial charge >= 0.3 is 0 Å². The fraction of sp³-hybridized carbons (Fsp3) is 0.481. The van der Waals surface area contributed by atoms with Crippen molar-refractivity contribution >= 4 is 11.8 Å². The number of carbonyl (C=O) groups is 2. The number of rotatable bonds is 6. The summed E-state index contributed by atoms with van der Waals surface area (Å²) >= 11 is 0. The molecular formula is C27H31FN2O3. The zero-order valence-corrected chi connectivity index (χ0v) is 19.1. The number of likely N-dealkylation sites (tertiary alicyclic amines) is 1. The molecule has 3 fully saturated rings. The largest absolute Gasteiger partial charge is 0.496 e. The van der Waals surface area contributed by atoms with Crippen molar-refractivity contribution in [3.63, 3.8) is 0 Å². The summed E-state index contributed by atoms with van der Waals surface area (Å²) in [5.41, 5.74) is 1.29. The SMILES string of the molecule is COc1ccccc1C(=O)N1C(C(=O)N(Cc2cccc(F)c2)C2CC2)CC2CCCCC21. The monoisotopic (exact) mass is 450 g/mol. The number of carbonyl (C=O) groups excluding carboxylic acids is 2. The second-order valence-corrected chi connectivity index (χ2v) is 9.60. The lowest BCUT2D eigenvalue weighted by molar-refractivity contribution is -0.137. The van der Waals surface area contributed by atoms with Crippen LogP contribution < -0.4 is 4.74 Å². The molecule has 0 spiro atoms. The van der Waals surface area contributed by atoms with Crippen LogP contribution in [0.15, 0.2) is 48.5 Å². The highest BCUT2D eigenvalue weighted by molar-refractivity contribution is 6.00. The van der Waals surface area contributed by atoms with Crippen LogP contribution in [0.2, 0.25) is 0 Å². The minimum Gasteiger partial charge on any atom is -0.496 e. The Bertz CT molecular complexity index is 1040. The zero-order chi connectivity index (χ0) is 22.9. The number of methoxy groups -OCH3 is 1. The molecule has 0 radical (unpaired) electrons. The second-order valence-electron chi connectivity index (χ2n) is 9.60. The average Bonchev–Trinajstić information content (AvgIpc) is 3.61. The van der Waals surface area contributed by atoms with Crippen LogP contribution in [0.5, 0.6) is 5.75 Å². The summed E-state index contributed by atoms with van der Waals surface area (Å²) in [5.74, 6) is 0.463. The smallest absolute Gasteiger partial charge is 0.258 e. The van der Waals surface area contributed by atoms with Crippen LogP contribution >= 0.6 is 0 Å². The Kier molecular flexibility index (Phi) is 6.09. The van der Waals surface area contributed by atoms with Crippen molar-refractivity contribution in [2.45, 2.75) is 69.6 Å². The number of amides is 2. The maximum Gasteiger partial charge on any atom is 0.258 e. The minimum atomic E-state index is -0.482. The summed E-state index contributed by atoms with van der Waals surface area (Å²) in [5, 5.41) is 0. The first-order chi connectivity index (χ1) is 16.1. The number of halogens is 1. The van der Waals surface area contributed by atoms with Gasteiger partial charge in [0.2, 0.25) is 5.91 Å². The predicted molar refractivity (Wildman–Crippen MR) is 123 cm³/mol. The number of benzene rings is 2. The first-order valence-corrected chi connectivity index (χ1v) is 12.1. The summed E-state index contributed by atoms with van der Waals surface area (Å²) < 4.78 is 19.3. The summed E-state index contributed by atoms with van der Waals surface area (Å²) in [4.78, 5) is 31.6. The fourth-order valence-corrected chi connectivity index (χ4v) is 5.73. The normalized spacial score (nSPS) is 24.3. The molecule has 1 heterocycles. The van der Waals surface area contributed by atoms with E-state index in [2.05, 4.69) is 0 Å². The van der Waals surface area contributed by atoms with Crippen molar-refractivity contribution in [1.82, 2.24) is 9.80 Å². The molecule has 2 aliphatic carbocycles. The molecule has 2 saturated carbocycles. The molecule has 33 heavy (non-hydrogen) atoms. The number of ether oxygens (including phenoxy) is 1. The van der Waals surface area contributed by atoms with Gasteiger partial charge in [-0.3, -0.25) is 9.59 Å². The molecule has 1 aliphatic heterocycles. The highest BCUT2D eigenvalue weighted by Crippen LogP contribution is 2.43. The van der Waals surface area contributed by atoms with E-state index in [1.807, 2.05) is 28.0 Å². The molecule has 2 amide bonds. The second kappa shape index (κ2) is 9.16. The molecule has 0 bridgehead atoms. The predicted octanol–water partition coefficient (Wildman–Crippen LogP) is 4.80. The minimum absolute atomic E-state index is 0.000547. The van der Waals surface area contributed by atoms with Gasteiger partial charge in [-0.2, -0.15) is 0 Å². The topological polar surface area (TPSA) is 49.9 Å². The number of fused-ring (bicyclic) bond motifs is 1. The summed E-state index contributed by atoms with van der Waals surface area (Å²) in [6.45, 7) is 0.379. The molecule has 1 saturated heterocycles. The molecule has 6 heteroatoms. The number of para-hydroxylation sites is 1. The number of hydrogen-bond acceptors (Lipinski definition) is 3. The lowest BCUT2D eigenvalue weighted by atomic mass is 9.84. The molecule has 0 aromatic heterocycles. The Morgan fingerprint density at radius 3 is 2.61 bits per heavy atom. The van der Waals surface area contributed by atoms with Crippen LogP contribution in [0, 0.1) is 11.7 Å². The Morgan fingerprint density at radius 2 is 1.85 bits per heavy atom. The quantitative estimate of drug-likeness (QED) is 0.635. The van der Waals surface area contributed by atoms with Gasteiger partial charge in [0.1, 0.15) is 17.6 Å². The van der Waals surface area contributed by atoms with Gasteiger partial charge in [-0.25, -0.2) is 4.39 Å². The van der Waals surface area contributed by atoms with Crippen LogP contribution in [-0.4, -0.2) is 46.8 Å². The van der Waals surface area contributed by atoms with E-state index in [9.17, 15) is 14.0 Å². The van der Waals surface area contributed by atoms with Crippen LogP contribution in [-0.2, 0) is 11.3 Å². The van der Waals surface area contributed by atoms with Gasteiger partial charge in [-0.15, -0.1) is 0 Å². The lowest BCUT2D eigenvalue weighted by Gasteiger charge is -2.35. The van der Waals surface area contributed by atoms with Crippen molar-refractivity contribution in [3.05, 3.63) is 65.5 Å². The van der Waals surface area contributed by atoms with Crippen LogP contribution in [0.1, 0.15) is 60.9 Å². The Hall–Kier alpha value is -2.89. The molecular weight excluding hydrogens is 419 g/mol. The third-order valence-electron chi connectivity index (χ3n) is 7.46. The summed E-state index contributed by atoms with van der Waals surface area (Å²) in [6.07, 6.45) is 6.83. The van der Waals surface area contributed by atoms with Gasteiger partial charge in [0.05, 0.1) is 12.7 Å². The third kappa shape index (κ3) is 4.35. The van der Waals surface area contributed by atoms with E-state index < -0.39 is 6.04 Å². The first kappa shape index (κ1) is 21.9. The van der Waals surface area contributed by atoms with E-state index in [1.54, 1.807) is 25.3 Å². The average molecular weight is 451 g/mol. The van der Waals surface area contributed by atoms with E-state index in [0.717, 1.165) is 44.1 Å². The van der Waals surface area contributed by atoms with E-state index in [0.29, 0.717) is 30.2 Å². The molecule has 2 aromatic rings.